The number of benzene rings is 2. The number of hydrogen-bond donors (Lipinski definition) is 1. The molecule has 0 spiro atoms. The molecule has 2 nitrogen and oxygen atoms in total. The number of aromatic nitrogens is 1. The summed E-state index contributed by atoms with van der Waals surface area (Å²) in [7, 11) is 0. The van der Waals surface area contributed by atoms with E-state index >= 15 is 0 Å². The van der Waals surface area contributed by atoms with Crippen LogP contribution in [0.1, 0.15) is 11.9 Å². The van der Waals surface area contributed by atoms with Gasteiger partial charge in [0.15, 0.2) is 0 Å². The van der Waals surface area contributed by atoms with E-state index in [2.05, 4.69) is 59.3 Å². The smallest absolute Gasteiger partial charge is 0.264 e. The van der Waals surface area contributed by atoms with Gasteiger partial charge in [-0.15, -0.1) is 0 Å². The molecule has 2 aromatic carbocycles. The average molecular weight is 408 g/mol. The number of fused-ring (bicyclic) bond motifs is 1. The molecule has 4 heteroatoms. The fourth-order valence-corrected chi connectivity index (χ4v) is 3.38. The Bertz CT molecular complexity index is 735. The van der Waals surface area contributed by atoms with Crippen LogP contribution in [0.15, 0.2) is 60.8 Å². The van der Waals surface area contributed by atoms with Gasteiger partial charge in [-0.1, -0.05) is 41.7 Å². The molecule has 0 bridgehead atoms. The minimum atomic E-state index is 0. The number of halogens is 1. The molecular formula is C17H17IN2S. The van der Waals surface area contributed by atoms with Gasteiger partial charge in [-0.3, -0.25) is 0 Å². The second-order valence-electron chi connectivity index (χ2n) is 4.50. The molecule has 0 fully saturated rings. The zero-order valence-corrected chi connectivity index (χ0v) is 14.8. The third kappa shape index (κ3) is 3.63. The van der Waals surface area contributed by atoms with Gasteiger partial charge >= 0.3 is 0 Å². The van der Waals surface area contributed by atoms with Crippen LogP contribution in [0, 0.1) is 0 Å². The Balaban J connectivity index is 0.00000161. The summed E-state index contributed by atoms with van der Waals surface area (Å²) < 4.78 is 3.66. The zero-order valence-electron chi connectivity index (χ0n) is 11.8. The van der Waals surface area contributed by atoms with Crippen LogP contribution in [0.25, 0.3) is 16.3 Å². The van der Waals surface area contributed by atoms with Crippen molar-refractivity contribution in [1.29, 1.82) is 0 Å². The van der Waals surface area contributed by atoms with Crippen LogP contribution in [-0.2, 0) is 6.54 Å². The van der Waals surface area contributed by atoms with E-state index in [1.807, 2.05) is 35.7 Å². The van der Waals surface area contributed by atoms with E-state index in [1.54, 1.807) is 0 Å². The van der Waals surface area contributed by atoms with Crippen LogP contribution in [0.5, 0.6) is 0 Å². The molecule has 0 atom stereocenters. The maximum absolute atomic E-state index is 3.30. The largest absolute Gasteiger partial charge is 1.00 e. The van der Waals surface area contributed by atoms with Gasteiger partial charge in [0.2, 0.25) is 5.52 Å². The molecule has 108 valence electrons. The predicted molar refractivity (Wildman–Crippen MR) is 86.8 cm³/mol. The highest BCUT2D eigenvalue weighted by atomic mass is 127. The van der Waals surface area contributed by atoms with Crippen molar-refractivity contribution >= 4 is 33.3 Å². The first-order valence-electron chi connectivity index (χ1n) is 6.78. The van der Waals surface area contributed by atoms with Crippen LogP contribution in [0.4, 0.5) is 5.69 Å². The molecule has 0 saturated heterocycles. The van der Waals surface area contributed by atoms with Crippen molar-refractivity contribution in [1.82, 2.24) is 0 Å². The molecule has 1 N–H and O–H groups in total. The zero-order chi connectivity index (χ0) is 13.8. The molecule has 0 aliphatic carbocycles. The second-order valence-corrected chi connectivity index (χ2v) is 5.56. The van der Waals surface area contributed by atoms with Gasteiger partial charge < -0.3 is 29.3 Å². The molecule has 0 radical (unpaired) electrons. The number of thiazole rings is 1. The molecule has 0 amide bonds. The van der Waals surface area contributed by atoms with Gasteiger partial charge in [0, 0.05) is 24.0 Å². The summed E-state index contributed by atoms with van der Waals surface area (Å²) in [5, 5.41) is 4.56. The molecule has 0 aliphatic heterocycles. The van der Waals surface area contributed by atoms with E-state index in [0.717, 1.165) is 12.2 Å². The summed E-state index contributed by atoms with van der Waals surface area (Å²) in [4.78, 5) is 0. The number of rotatable bonds is 4. The van der Waals surface area contributed by atoms with E-state index in [1.165, 1.54) is 15.2 Å². The van der Waals surface area contributed by atoms with E-state index in [0.29, 0.717) is 0 Å². The van der Waals surface area contributed by atoms with Crippen molar-refractivity contribution in [2.75, 3.05) is 5.32 Å². The fraction of sp³-hybridized carbons (Fsp3) is 0.118. The van der Waals surface area contributed by atoms with E-state index in [4.69, 9.17) is 0 Å². The van der Waals surface area contributed by atoms with Crippen molar-refractivity contribution in [2.45, 2.75) is 13.5 Å². The second kappa shape index (κ2) is 7.56. The molecule has 3 rings (SSSR count). The quantitative estimate of drug-likeness (QED) is 0.509. The Labute approximate surface area is 146 Å². The minimum absolute atomic E-state index is 0. The van der Waals surface area contributed by atoms with Crippen molar-refractivity contribution in [2.24, 2.45) is 0 Å². The van der Waals surface area contributed by atoms with Crippen LogP contribution in [0.3, 0.4) is 0 Å². The van der Waals surface area contributed by atoms with E-state index in [9.17, 15) is 0 Å². The topological polar surface area (TPSA) is 15.9 Å². The molecule has 1 heterocycles. The number of nitrogens with one attached hydrogen (secondary N) is 1. The molecule has 3 aromatic rings. The van der Waals surface area contributed by atoms with Crippen LogP contribution < -0.4 is 33.9 Å². The summed E-state index contributed by atoms with van der Waals surface area (Å²) >= 11 is 1.82. The molecule has 0 saturated carbocycles. The lowest BCUT2D eigenvalue weighted by Gasteiger charge is -1.97. The molecule has 0 unspecified atom stereocenters. The highest BCUT2D eigenvalue weighted by Gasteiger charge is 2.15. The summed E-state index contributed by atoms with van der Waals surface area (Å²) in [6.45, 7) is 3.16. The molecule has 0 aliphatic rings. The summed E-state index contributed by atoms with van der Waals surface area (Å²) in [6.07, 6.45) is 4.15. The summed E-state index contributed by atoms with van der Waals surface area (Å²) in [5.41, 5.74) is 2.41. The number of aryl methyl sites for hydroxylation is 1. The molecule has 1 aromatic heterocycles. The van der Waals surface area contributed by atoms with Gasteiger partial charge in [0.25, 0.3) is 5.01 Å². The lowest BCUT2D eigenvalue weighted by molar-refractivity contribution is -0.665. The predicted octanol–water partition coefficient (Wildman–Crippen LogP) is 1.30. The maximum Gasteiger partial charge on any atom is 0.264 e. The average Bonchev–Trinajstić information content (AvgIpc) is 2.86. The normalized spacial score (nSPS) is 10.7. The Kier molecular flexibility index (Phi) is 5.76. The number of anilines is 1. The fourth-order valence-electron chi connectivity index (χ4n) is 2.25. The lowest BCUT2D eigenvalue weighted by atomic mass is 10.3. The lowest BCUT2D eigenvalue weighted by Crippen LogP contribution is -3.00. The van der Waals surface area contributed by atoms with Gasteiger partial charge in [-0.2, -0.15) is 4.57 Å². The molecular weight excluding hydrogens is 391 g/mol. The first-order valence-corrected chi connectivity index (χ1v) is 7.59. The minimum Gasteiger partial charge on any atom is -1.00 e. The Hall–Kier alpha value is -1.40. The highest BCUT2D eigenvalue weighted by Crippen LogP contribution is 2.21. The third-order valence-corrected chi connectivity index (χ3v) is 4.33. The Morgan fingerprint density at radius 1 is 1.05 bits per heavy atom. The number of hydrogen-bond acceptors (Lipinski definition) is 2. The van der Waals surface area contributed by atoms with E-state index in [-0.39, 0.29) is 24.0 Å². The van der Waals surface area contributed by atoms with Crippen LogP contribution >= 0.6 is 11.3 Å². The monoisotopic (exact) mass is 408 g/mol. The van der Waals surface area contributed by atoms with Gasteiger partial charge in [-0.05, 0) is 25.1 Å². The standard InChI is InChI=1S/C17H16N2S.HI/c1-2-19-15-10-6-7-11-16(15)20-17(19)12-13-18-14-8-4-3-5-9-14;/h3-13H,2H2,1H3;1H. The maximum atomic E-state index is 3.30. The van der Waals surface area contributed by atoms with Gasteiger partial charge in [-0.25, -0.2) is 0 Å². The molecule has 21 heavy (non-hydrogen) atoms. The first-order chi connectivity index (χ1) is 9.88. The van der Waals surface area contributed by atoms with Crippen LogP contribution in [-0.4, -0.2) is 0 Å². The SMILES string of the molecule is CC[n+]1c(/C=C\Nc2ccccc2)sc2ccccc21.[I-]. The Morgan fingerprint density at radius 2 is 1.76 bits per heavy atom. The third-order valence-electron chi connectivity index (χ3n) is 3.20. The van der Waals surface area contributed by atoms with Crippen molar-refractivity contribution in [3.05, 3.63) is 65.8 Å². The first kappa shape index (κ1) is 16.0. The summed E-state index contributed by atoms with van der Waals surface area (Å²) in [6, 6.07) is 18.7. The van der Waals surface area contributed by atoms with Crippen molar-refractivity contribution in [3.8, 4) is 0 Å². The van der Waals surface area contributed by atoms with Crippen molar-refractivity contribution in [3.63, 3.8) is 0 Å². The van der Waals surface area contributed by atoms with Crippen LogP contribution in [0.2, 0.25) is 0 Å². The summed E-state index contributed by atoms with van der Waals surface area (Å²) in [5.74, 6) is 0. The van der Waals surface area contributed by atoms with Gasteiger partial charge in [0.1, 0.15) is 11.2 Å². The number of para-hydroxylation sites is 2. The van der Waals surface area contributed by atoms with E-state index < -0.39 is 0 Å². The van der Waals surface area contributed by atoms with Crippen molar-refractivity contribution < 1.29 is 28.5 Å². The Morgan fingerprint density at radius 3 is 2.52 bits per heavy atom. The number of nitrogens with zero attached hydrogens (tertiary/aromatic N) is 1. The highest BCUT2D eigenvalue weighted by molar-refractivity contribution is 7.18. The van der Waals surface area contributed by atoms with Gasteiger partial charge in [0.05, 0.1) is 0 Å².